The van der Waals surface area contributed by atoms with E-state index in [-0.39, 0.29) is 0 Å². The topological polar surface area (TPSA) is 38.1 Å². The molecule has 0 aliphatic carbocycles. The molecule has 1 atom stereocenters. The second kappa shape index (κ2) is 6.53. The molecule has 0 saturated heterocycles. The summed E-state index contributed by atoms with van der Waals surface area (Å²) in [6.45, 7) is 0.457. The van der Waals surface area contributed by atoms with Crippen molar-refractivity contribution in [2.45, 2.75) is 6.54 Å². The van der Waals surface area contributed by atoms with Crippen LogP contribution >= 0.6 is 0 Å². The van der Waals surface area contributed by atoms with Gasteiger partial charge in [-0.2, -0.15) is 4.21 Å². The Bertz CT molecular complexity index is 722. The van der Waals surface area contributed by atoms with Gasteiger partial charge in [-0.1, -0.05) is 36.4 Å². The molecule has 1 unspecified atom stereocenters. The van der Waals surface area contributed by atoms with Crippen molar-refractivity contribution in [3.63, 3.8) is 0 Å². The largest absolute Gasteiger partial charge is 0.335 e. The molecule has 4 nitrogen and oxygen atoms in total. The lowest BCUT2D eigenvalue weighted by Gasteiger charge is -2.24. The average Bonchev–Trinajstić information content (AvgIpc) is 3.03. The van der Waals surface area contributed by atoms with E-state index in [2.05, 4.69) is 9.88 Å². The summed E-state index contributed by atoms with van der Waals surface area (Å²) in [6.07, 6.45) is 2.69. The summed E-state index contributed by atoms with van der Waals surface area (Å²) in [6, 6.07) is 19.7. The Hall–Kier alpha value is -2.47. The molecular weight excluding hydrogens is 301 g/mol. The molecule has 0 aliphatic rings. The van der Waals surface area contributed by atoms with Crippen LogP contribution in [0.15, 0.2) is 73.2 Å². The molecule has 1 heterocycles. The van der Waals surface area contributed by atoms with Crippen molar-refractivity contribution in [3.05, 3.63) is 78.9 Å². The van der Waals surface area contributed by atoms with Crippen molar-refractivity contribution in [2.24, 2.45) is 0 Å². The zero-order valence-corrected chi connectivity index (χ0v) is 12.5. The highest BCUT2D eigenvalue weighted by molar-refractivity contribution is 7.78. The first-order valence-corrected chi connectivity index (χ1v) is 7.74. The summed E-state index contributed by atoms with van der Waals surface area (Å²) in [5.41, 5.74) is 2.65. The highest BCUT2D eigenvalue weighted by atomic mass is 32.2. The molecule has 0 bridgehead atoms. The zero-order valence-electron chi connectivity index (χ0n) is 11.7. The molecular formula is C16H14FN3OS. The molecule has 6 heteroatoms. The molecule has 22 heavy (non-hydrogen) atoms. The molecule has 3 aromatic rings. The molecule has 0 N–H and O–H groups in total. The molecule has 0 aliphatic heterocycles. The van der Waals surface area contributed by atoms with Crippen molar-refractivity contribution in [3.8, 4) is 0 Å². The van der Waals surface area contributed by atoms with E-state index in [0.717, 1.165) is 15.3 Å². The smallest absolute Gasteiger partial charge is 0.309 e. The molecule has 0 radical (unpaired) electrons. The number of nitrogens with zero attached hydrogens (tertiary/aromatic N) is 3. The van der Waals surface area contributed by atoms with E-state index >= 15 is 0 Å². The number of anilines is 2. The van der Waals surface area contributed by atoms with Crippen LogP contribution in [0.4, 0.5) is 15.3 Å². The lowest BCUT2D eigenvalue weighted by Crippen LogP contribution is -2.16. The number of halogens is 1. The highest BCUT2D eigenvalue weighted by Crippen LogP contribution is 2.26. The first-order valence-electron chi connectivity index (χ1n) is 6.73. The van der Waals surface area contributed by atoms with Crippen molar-refractivity contribution in [1.29, 1.82) is 0 Å². The maximum atomic E-state index is 12.8. The number of benzene rings is 2. The van der Waals surface area contributed by atoms with Crippen LogP contribution in [0.2, 0.25) is 0 Å². The van der Waals surface area contributed by atoms with Crippen LogP contribution in [0, 0.1) is 0 Å². The zero-order chi connectivity index (χ0) is 15.4. The Morgan fingerprint density at radius 2 is 1.55 bits per heavy atom. The molecule has 2 aromatic carbocycles. The van der Waals surface area contributed by atoms with E-state index in [1.54, 1.807) is 0 Å². The van der Waals surface area contributed by atoms with Gasteiger partial charge in [-0.15, -0.1) is 3.89 Å². The van der Waals surface area contributed by atoms with Gasteiger partial charge in [-0.25, -0.2) is 8.96 Å². The van der Waals surface area contributed by atoms with Gasteiger partial charge in [0.05, 0.1) is 12.2 Å². The monoisotopic (exact) mass is 315 g/mol. The maximum Gasteiger partial charge on any atom is 0.309 e. The van der Waals surface area contributed by atoms with Gasteiger partial charge in [0.2, 0.25) is 0 Å². The minimum absolute atomic E-state index is 0.457. The molecule has 0 fully saturated rings. The summed E-state index contributed by atoms with van der Waals surface area (Å²) in [5.74, 6) is 0. The van der Waals surface area contributed by atoms with Gasteiger partial charge in [0.25, 0.3) is 0 Å². The van der Waals surface area contributed by atoms with E-state index in [4.69, 9.17) is 0 Å². The number of aromatic nitrogens is 2. The van der Waals surface area contributed by atoms with Crippen LogP contribution in [0.25, 0.3) is 0 Å². The fourth-order valence-corrected chi connectivity index (χ4v) is 2.54. The van der Waals surface area contributed by atoms with Crippen LogP contribution in [0.1, 0.15) is 5.69 Å². The number of rotatable bonds is 5. The van der Waals surface area contributed by atoms with Crippen molar-refractivity contribution in [1.82, 2.24) is 8.96 Å². The van der Waals surface area contributed by atoms with Crippen LogP contribution in [0.5, 0.6) is 0 Å². The maximum absolute atomic E-state index is 12.8. The third-order valence-electron chi connectivity index (χ3n) is 3.24. The molecule has 0 spiro atoms. The van der Waals surface area contributed by atoms with Gasteiger partial charge in [0.1, 0.15) is 6.33 Å². The normalized spacial score (nSPS) is 12.0. The van der Waals surface area contributed by atoms with Crippen LogP contribution in [-0.4, -0.2) is 13.2 Å². The average molecular weight is 315 g/mol. The van der Waals surface area contributed by atoms with Gasteiger partial charge < -0.3 is 4.90 Å². The fourth-order valence-electron chi connectivity index (χ4n) is 2.21. The second-order valence-electron chi connectivity index (χ2n) is 4.69. The number of hydrogen-bond acceptors (Lipinski definition) is 3. The van der Waals surface area contributed by atoms with E-state index in [0.29, 0.717) is 12.2 Å². The minimum atomic E-state index is -2.58. The van der Waals surface area contributed by atoms with Crippen LogP contribution < -0.4 is 4.90 Å². The standard InChI is InChI=1S/C16H14FN3OS/c17-22(21)19-11-14(18-13-19)12-20(15-7-3-1-4-8-15)16-9-5-2-6-10-16/h1-11,13H,12H2. The van der Waals surface area contributed by atoms with E-state index in [9.17, 15) is 8.09 Å². The Balaban J connectivity index is 1.93. The fraction of sp³-hybridized carbons (Fsp3) is 0.0625. The predicted molar refractivity (Wildman–Crippen MR) is 85.6 cm³/mol. The third-order valence-corrected chi connectivity index (χ3v) is 3.77. The quantitative estimate of drug-likeness (QED) is 0.675. The first kappa shape index (κ1) is 14.5. The summed E-state index contributed by atoms with van der Waals surface area (Å²) in [4.78, 5) is 6.18. The molecule has 1 aromatic heterocycles. The number of hydrogen-bond donors (Lipinski definition) is 0. The van der Waals surface area contributed by atoms with Gasteiger partial charge in [-0.05, 0) is 24.3 Å². The predicted octanol–water partition coefficient (Wildman–Crippen LogP) is 3.62. The Labute approximate surface area is 130 Å². The summed E-state index contributed by atoms with van der Waals surface area (Å²) >= 11 is -2.58. The molecule has 0 saturated carbocycles. The summed E-state index contributed by atoms with van der Waals surface area (Å²) < 4.78 is 24.6. The molecule has 3 rings (SSSR count). The highest BCUT2D eigenvalue weighted by Gasteiger charge is 2.12. The van der Waals surface area contributed by atoms with Gasteiger partial charge in [0, 0.05) is 17.6 Å². The van der Waals surface area contributed by atoms with Crippen molar-refractivity contribution >= 4 is 22.7 Å². The minimum Gasteiger partial charge on any atom is -0.335 e. The van der Waals surface area contributed by atoms with Crippen molar-refractivity contribution < 1.29 is 8.09 Å². The lowest BCUT2D eigenvalue weighted by molar-refractivity contribution is 0.640. The molecule has 0 amide bonds. The lowest BCUT2D eigenvalue weighted by atomic mass is 10.2. The van der Waals surface area contributed by atoms with Crippen molar-refractivity contribution in [2.75, 3.05) is 4.90 Å². The van der Waals surface area contributed by atoms with E-state index in [1.165, 1.54) is 12.5 Å². The molecule has 112 valence electrons. The van der Waals surface area contributed by atoms with Crippen LogP contribution in [0.3, 0.4) is 0 Å². The second-order valence-corrected chi connectivity index (χ2v) is 5.52. The van der Waals surface area contributed by atoms with Gasteiger partial charge in [-0.3, -0.25) is 0 Å². The van der Waals surface area contributed by atoms with Gasteiger partial charge >= 0.3 is 11.4 Å². The van der Waals surface area contributed by atoms with Gasteiger partial charge in [0.15, 0.2) is 0 Å². The Morgan fingerprint density at radius 3 is 2.00 bits per heavy atom. The van der Waals surface area contributed by atoms with Crippen LogP contribution in [-0.2, 0) is 17.9 Å². The number of imidazole rings is 1. The third kappa shape index (κ3) is 3.23. The number of para-hydroxylation sites is 2. The van der Waals surface area contributed by atoms with E-state index < -0.39 is 11.4 Å². The summed E-state index contributed by atoms with van der Waals surface area (Å²) in [7, 11) is 0. The SMILES string of the molecule is O=S(F)n1cnc(CN(c2ccccc2)c2ccccc2)c1. The Kier molecular flexibility index (Phi) is 4.29. The first-order chi connectivity index (χ1) is 10.7. The van der Waals surface area contributed by atoms with E-state index in [1.807, 2.05) is 60.7 Å². The summed E-state index contributed by atoms with van der Waals surface area (Å²) in [5, 5.41) is 0. The Morgan fingerprint density at radius 1 is 1.00 bits per heavy atom.